The first-order valence-electron chi connectivity index (χ1n) is 10.4. The van der Waals surface area contributed by atoms with Crippen LogP contribution < -0.4 is 11.1 Å². The van der Waals surface area contributed by atoms with Gasteiger partial charge in [0.05, 0.1) is 16.2 Å². The summed E-state index contributed by atoms with van der Waals surface area (Å²) in [4.78, 5) is 21.3. The van der Waals surface area contributed by atoms with E-state index in [1.807, 2.05) is 61.5 Å². The van der Waals surface area contributed by atoms with Crippen LogP contribution in [0, 0.1) is 6.92 Å². The van der Waals surface area contributed by atoms with Gasteiger partial charge in [-0.25, -0.2) is 9.97 Å². The number of benzene rings is 3. The molecule has 1 amide bonds. The second-order valence-electron chi connectivity index (χ2n) is 8.93. The zero-order valence-corrected chi connectivity index (χ0v) is 19.3. The van der Waals surface area contributed by atoms with Crippen LogP contribution in [0.4, 0.5) is 11.6 Å². The molecule has 4 aromatic rings. The van der Waals surface area contributed by atoms with Crippen molar-refractivity contribution in [1.82, 2.24) is 9.97 Å². The second kappa shape index (κ2) is 8.24. The third-order valence-electron chi connectivity index (χ3n) is 5.49. The summed E-state index contributed by atoms with van der Waals surface area (Å²) in [5, 5.41) is 4.34. The molecule has 0 saturated carbocycles. The maximum atomic E-state index is 13.0. The normalized spacial score (nSPS) is 11.5. The van der Waals surface area contributed by atoms with Crippen molar-refractivity contribution in [3.8, 4) is 11.1 Å². The lowest BCUT2D eigenvalue weighted by Gasteiger charge is -2.20. The van der Waals surface area contributed by atoms with E-state index in [1.165, 1.54) is 0 Å². The summed E-state index contributed by atoms with van der Waals surface area (Å²) in [5.74, 6) is 0.0304. The summed E-state index contributed by atoms with van der Waals surface area (Å²) < 4.78 is 0. The number of carbonyl (C=O) groups excluding carboxylic acids is 1. The van der Waals surface area contributed by atoms with E-state index in [-0.39, 0.29) is 17.3 Å². The van der Waals surface area contributed by atoms with Gasteiger partial charge in [0.25, 0.3) is 5.91 Å². The highest BCUT2D eigenvalue weighted by atomic mass is 35.5. The third-order valence-corrected chi connectivity index (χ3v) is 5.81. The van der Waals surface area contributed by atoms with Gasteiger partial charge in [0.1, 0.15) is 0 Å². The lowest BCUT2D eigenvalue weighted by Crippen LogP contribution is -2.14. The Morgan fingerprint density at radius 2 is 1.81 bits per heavy atom. The van der Waals surface area contributed by atoms with Crippen LogP contribution in [0.5, 0.6) is 0 Å². The number of hydrogen-bond acceptors (Lipinski definition) is 4. The highest BCUT2D eigenvalue weighted by Crippen LogP contribution is 2.31. The van der Waals surface area contributed by atoms with Crippen LogP contribution in [0.15, 0.2) is 60.8 Å². The molecule has 0 bridgehead atoms. The number of hydrogen-bond donors (Lipinski definition) is 2. The van der Waals surface area contributed by atoms with Crippen LogP contribution in [-0.4, -0.2) is 15.9 Å². The van der Waals surface area contributed by atoms with Crippen LogP contribution in [0.1, 0.15) is 42.3 Å². The molecule has 1 aromatic heterocycles. The predicted molar refractivity (Wildman–Crippen MR) is 132 cm³/mol. The Labute approximate surface area is 192 Å². The molecule has 0 aliphatic heterocycles. The Hall–Kier alpha value is -3.44. The number of anilines is 2. The molecule has 0 unspecified atom stereocenters. The van der Waals surface area contributed by atoms with Crippen molar-refractivity contribution in [2.75, 3.05) is 11.1 Å². The van der Waals surface area contributed by atoms with Gasteiger partial charge in [-0.2, -0.15) is 0 Å². The van der Waals surface area contributed by atoms with Crippen molar-refractivity contribution in [3.63, 3.8) is 0 Å². The van der Waals surface area contributed by atoms with Crippen molar-refractivity contribution in [3.05, 3.63) is 82.5 Å². The Kier molecular flexibility index (Phi) is 5.61. The summed E-state index contributed by atoms with van der Waals surface area (Å²) in [7, 11) is 0. The third kappa shape index (κ3) is 4.43. The Bertz CT molecular complexity index is 1340. The van der Waals surface area contributed by atoms with Crippen LogP contribution in [0.3, 0.4) is 0 Å². The van der Waals surface area contributed by atoms with Gasteiger partial charge in [0, 0.05) is 17.1 Å². The molecule has 5 nitrogen and oxygen atoms in total. The van der Waals surface area contributed by atoms with Gasteiger partial charge in [0.2, 0.25) is 5.95 Å². The fraction of sp³-hybridized carbons (Fsp3) is 0.192. The molecule has 0 atom stereocenters. The molecule has 0 aliphatic rings. The van der Waals surface area contributed by atoms with Crippen molar-refractivity contribution < 1.29 is 4.79 Å². The minimum absolute atomic E-state index is 0.0192. The summed E-state index contributed by atoms with van der Waals surface area (Å²) in [5.41, 5.74) is 11.7. The second-order valence-corrected chi connectivity index (χ2v) is 9.34. The van der Waals surface area contributed by atoms with Crippen LogP contribution in [0.2, 0.25) is 5.02 Å². The van der Waals surface area contributed by atoms with Gasteiger partial charge in [-0.1, -0.05) is 50.6 Å². The molecular weight excluding hydrogens is 420 g/mol. The van der Waals surface area contributed by atoms with E-state index in [0.29, 0.717) is 16.3 Å². The standard InChI is InChI=1S/C26H25ClN4O/c1-15-5-6-17(24(32)30-23-10-8-19(13-21(23)27)26(2,3)4)12-20(15)16-7-9-22-18(11-16)14-29-25(28)31-22/h5-14H,1-4H3,(H,30,32)(H2,28,29,31). The highest BCUT2D eigenvalue weighted by Gasteiger charge is 2.17. The quantitative estimate of drug-likeness (QED) is 0.383. The molecular formula is C26H25ClN4O. The largest absolute Gasteiger partial charge is 0.368 e. The number of fused-ring (bicyclic) bond motifs is 1. The molecule has 3 aromatic carbocycles. The number of nitrogens with zero attached hydrogens (tertiary/aromatic N) is 2. The van der Waals surface area contributed by atoms with Gasteiger partial charge < -0.3 is 11.1 Å². The fourth-order valence-corrected chi connectivity index (χ4v) is 3.79. The number of nitrogen functional groups attached to an aromatic ring is 1. The molecule has 0 fully saturated rings. The topological polar surface area (TPSA) is 80.9 Å². The number of amides is 1. The minimum Gasteiger partial charge on any atom is -0.368 e. The molecule has 0 saturated heterocycles. The number of nitrogens with two attached hydrogens (primary N) is 1. The van der Waals surface area contributed by atoms with E-state index in [1.54, 1.807) is 6.20 Å². The van der Waals surface area contributed by atoms with E-state index in [2.05, 4.69) is 36.1 Å². The van der Waals surface area contributed by atoms with Crippen molar-refractivity contribution in [2.45, 2.75) is 33.1 Å². The lowest BCUT2D eigenvalue weighted by molar-refractivity contribution is 0.102. The molecule has 0 radical (unpaired) electrons. The first-order valence-corrected chi connectivity index (χ1v) is 10.7. The molecule has 4 rings (SSSR count). The molecule has 6 heteroatoms. The Morgan fingerprint density at radius 1 is 1.03 bits per heavy atom. The smallest absolute Gasteiger partial charge is 0.255 e. The van der Waals surface area contributed by atoms with E-state index in [4.69, 9.17) is 17.3 Å². The molecule has 3 N–H and O–H groups in total. The molecule has 32 heavy (non-hydrogen) atoms. The summed E-state index contributed by atoms with van der Waals surface area (Å²) in [6.07, 6.45) is 1.70. The number of rotatable bonds is 3. The average molecular weight is 445 g/mol. The predicted octanol–water partition coefficient (Wildman–Crippen LogP) is 6.39. The van der Waals surface area contributed by atoms with Gasteiger partial charge in [0.15, 0.2) is 0 Å². The molecule has 162 valence electrons. The van der Waals surface area contributed by atoms with Crippen molar-refractivity contribution in [1.29, 1.82) is 0 Å². The molecule has 0 spiro atoms. The summed E-state index contributed by atoms with van der Waals surface area (Å²) in [6, 6.07) is 17.3. The maximum Gasteiger partial charge on any atom is 0.255 e. The van der Waals surface area contributed by atoms with Crippen LogP contribution >= 0.6 is 11.6 Å². The number of halogens is 1. The van der Waals surface area contributed by atoms with E-state index in [9.17, 15) is 4.79 Å². The molecule has 0 aliphatic carbocycles. The van der Waals surface area contributed by atoms with Gasteiger partial charge in [-0.15, -0.1) is 0 Å². The number of nitrogens with one attached hydrogen (secondary N) is 1. The fourth-order valence-electron chi connectivity index (χ4n) is 3.57. The number of aryl methyl sites for hydroxylation is 1. The van der Waals surface area contributed by atoms with Crippen molar-refractivity contribution >= 4 is 40.0 Å². The van der Waals surface area contributed by atoms with Crippen molar-refractivity contribution in [2.24, 2.45) is 0 Å². The first-order chi connectivity index (χ1) is 15.1. The average Bonchev–Trinajstić information content (AvgIpc) is 2.74. The van der Waals surface area contributed by atoms with Gasteiger partial charge >= 0.3 is 0 Å². The lowest BCUT2D eigenvalue weighted by atomic mass is 9.87. The van der Waals surface area contributed by atoms with Gasteiger partial charge in [-0.3, -0.25) is 4.79 Å². The zero-order valence-electron chi connectivity index (χ0n) is 18.5. The zero-order chi connectivity index (χ0) is 23.0. The summed E-state index contributed by atoms with van der Waals surface area (Å²) >= 11 is 6.45. The Morgan fingerprint density at radius 3 is 2.53 bits per heavy atom. The number of aromatic nitrogens is 2. The number of carbonyl (C=O) groups is 1. The Balaban J connectivity index is 1.64. The van der Waals surface area contributed by atoms with Crippen LogP contribution in [0.25, 0.3) is 22.0 Å². The maximum absolute atomic E-state index is 13.0. The highest BCUT2D eigenvalue weighted by molar-refractivity contribution is 6.34. The van der Waals surface area contributed by atoms with Crippen LogP contribution in [-0.2, 0) is 5.41 Å². The summed E-state index contributed by atoms with van der Waals surface area (Å²) in [6.45, 7) is 8.39. The first kappa shape index (κ1) is 21.8. The van der Waals surface area contributed by atoms with E-state index in [0.717, 1.165) is 33.2 Å². The van der Waals surface area contributed by atoms with E-state index >= 15 is 0 Å². The minimum atomic E-state index is -0.214. The SMILES string of the molecule is Cc1ccc(C(=O)Nc2ccc(C(C)(C)C)cc2Cl)cc1-c1ccc2nc(N)ncc2c1. The van der Waals surface area contributed by atoms with E-state index < -0.39 is 0 Å². The monoisotopic (exact) mass is 444 g/mol. The molecule has 1 heterocycles. The van der Waals surface area contributed by atoms with Gasteiger partial charge in [-0.05, 0) is 71.0 Å².